The molecule has 12 heteroatoms. The molecule has 10 nitrogen and oxygen atoms in total. The van der Waals surface area contributed by atoms with Crippen LogP contribution in [0.1, 0.15) is 24.4 Å². The van der Waals surface area contributed by atoms with Gasteiger partial charge in [0.05, 0.1) is 33.5 Å². The lowest BCUT2D eigenvalue weighted by Crippen LogP contribution is -2.46. The molecule has 3 heterocycles. The first-order valence-electron chi connectivity index (χ1n) is 10.9. The Labute approximate surface area is 203 Å². The van der Waals surface area contributed by atoms with Gasteiger partial charge in [0.15, 0.2) is 0 Å². The molecule has 5 rings (SSSR count). The number of benzene rings is 1. The van der Waals surface area contributed by atoms with Gasteiger partial charge >= 0.3 is 0 Å². The summed E-state index contributed by atoms with van der Waals surface area (Å²) in [5, 5.41) is 22.9. The topological polar surface area (TPSA) is 179 Å². The van der Waals surface area contributed by atoms with Crippen LogP contribution in [-0.4, -0.2) is 47.8 Å². The van der Waals surface area contributed by atoms with Crippen LogP contribution in [0, 0.1) is 11.2 Å². The molecule has 1 fully saturated rings. The largest absolute Gasteiger partial charge is 0.389 e. The number of amides is 1. The van der Waals surface area contributed by atoms with Crippen LogP contribution in [0.3, 0.4) is 0 Å². The lowest BCUT2D eigenvalue weighted by molar-refractivity contribution is -0.136. The second kappa shape index (κ2) is 8.29. The van der Waals surface area contributed by atoms with E-state index in [0.29, 0.717) is 22.1 Å². The summed E-state index contributed by atoms with van der Waals surface area (Å²) in [7, 11) is 0. The molecule has 4 atom stereocenters. The van der Waals surface area contributed by atoms with Crippen molar-refractivity contribution in [3.63, 3.8) is 0 Å². The standard InChI is InChI=1S/C23H23ClFN7O3/c24-13-7-12-14(25)5-10(6-15(12)31-20(13)27)1-3-23(22(28)35)8-16(17(33)18(23)34)32-4-2-11-19(26)29-9-30-21(11)32/h2,4-7,9,16-18,33-34H,1,3,8H2,(H2,27,31)(H2,28,35)(H2,26,29,30)/t16-,17+,18+,23-/m1/s1. The average Bonchev–Trinajstić information content (AvgIpc) is 3.35. The van der Waals surface area contributed by atoms with Crippen LogP contribution in [0.25, 0.3) is 21.9 Å². The molecule has 1 aliphatic rings. The van der Waals surface area contributed by atoms with E-state index >= 15 is 0 Å². The van der Waals surface area contributed by atoms with Crippen molar-refractivity contribution in [2.45, 2.75) is 37.5 Å². The van der Waals surface area contributed by atoms with Crippen molar-refractivity contribution >= 4 is 51.1 Å². The molecule has 35 heavy (non-hydrogen) atoms. The van der Waals surface area contributed by atoms with Crippen LogP contribution in [-0.2, 0) is 11.2 Å². The molecule has 1 saturated carbocycles. The second-order valence-electron chi connectivity index (χ2n) is 8.95. The molecule has 0 bridgehead atoms. The summed E-state index contributed by atoms with van der Waals surface area (Å²) < 4.78 is 16.4. The Morgan fingerprint density at radius 1 is 1.20 bits per heavy atom. The monoisotopic (exact) mass is 499 g/mol. The van der Waals surface area contributed by atoms with Crippen LogP contribution in [0.5, 0.6) is 0 Å². The van der Waals surface area contributed by atoms with E-state index in [0.717, 1.165) is 0 Å². The molecule has 0 saturated heterocycles. The number of hydrogen-bond acceptors (Lipinski definition) is 8. The van der Waals surface area contributed by atoms with Crippen LogP contribution in [0.15, 0.2) is 36.8 Å². The fraction of sp³-hybridized carbons (Fsp3) is 0.304. The summed E-state index contributed by atoms with van der Waals surface area (Å²) in [4.78, 5) is 25.0. The maximum atomic E-state index is 14.7. The molecule has 1 amide bonds. The van der Waals surface area contributed by atoms with Gasteiger partial charge < -0.3 is 32.0 Å². The van der Waals surface area contributed by atoms with Gasteiger partial charge in [-0.05, 0) is 49.1 Å². The summed E-state index contributed by atoms with van der Waals surface area (Å²) in [6.07, 6.45) is 0.544. The minimum absolute atomic E-state index is 0.0508. The fourth-order valence-corrected chi connectivity index (χ4v) is 5.23. The summed E-state index contributed by atoms with van der Waals surface area (Å²) in [5.41, 5.74) is 17.3. The highest BCUT2D eigenvalue weighted by Gasteiger charge is 2.56. The number of aliphatic hydroxyl groups is 2. The quantitative estimate of drug-likeness (QED) is 0.275. The number of aliphatic hydroxyl groups excluding tert-OH is 2. The number of nitrogens with zero attached hydrogens (tertiary/aromatic N) is 4. The van der Waals surface area contributed by atoms with Gasteiger partial charge in [0.2, 0.25) is 5.91 Å². The number of halogens is 2. The normalized spacial score (nSPS) is 24.4. The molecule has 3 aromatic heterocycles. The SMILES string of the molecule is NC(=O)[C@]1(CCc2cc(F)c3cc(Cl)c(N)nc3c2)C[C@@H](n2ccc3c(N)ncnc32)[C@H](O)[C@@H]1O. The summed E-state index contributed by atoms with van der Waals surface area (Å²) in [5.74, 6) is -0.949. The molecule has 182 valence electrons. The fourth-order valence-electron chi connectivity index (χ4n) is 5.08. The molecule has 4 aromatic rings. The minimum atomic E-state index is -1.46. The summed E-state index contributed by atoms with van der Waals surface area (Å²) >= 11 is 5.96. The van der Waals surface area contributed by atoms with E-state index in [9.17, 15) is 19.4 Å². The molecule has 1 aliphatic carbocycles. The minimum Gasteiger partial charge on any atom is -0.389 e. The number of aromatic nitrogens is 4. The number of carbonyl (C=O) groups is 1. The van der Waals surface area contributed by atoms with E-state index in [-0.39, 0.29) is 41.3 Å². The zero-order valence-corrected chi connectivity index (χ0v) is 19.2. The molecule has 8 N–H and O–H groups in total. The lowest BCUT2D eigenvalue weighted by atomic mass is 9.77. The van der Waals surface area contributed by atoms with E-state index in [1.165, 1.54) is 18.5 Å². The number of aryl methyl sites for hydroxylation is 1. The van der Waals surface area contributed by atoms with Gasteiger partial charge in [0.25, 0.3) is 0 Å². The van der Waals surface area contributed by atoms with Gasteiger partial charge in [-0.15, -0.1) is 0 Å². The van der Waals surface area contributed by atoms with Crippen molar-refractivity contribution in [1.29, 1.82) is 0 Å². The van der Waals surface area contributed by atoms with E-state index in [1.54, 1.807) is 22.9 Å². The molecular weight excluding hydrogens is 477 g/mol. The zero-order chi connectivity index (χ0) is 25.1. The van der Waals surface area contributed by atoms with Crippen LogP contribution >= 0.6 is 11.6 Å². The first-order chi connectivity index (χ1) is 16.6. The maximum absolute atomic E-state index is 14.7. The van der Waals surface area contributed by atoms with Crippen LogP contribution < -0.4 is 17.2 Å². The number of primary amides is 1. The van der Waals surface area contributed by atoms with E-state index in [2.05, 4.69) is 15.0 Å². The number of rotatable bonds is 5. The van der Waals surface area contributed by atoms with E-state index in [4.69, 9.17) is 28.8 Å². The smallest absolute Gasteiger partial charge is 0.226 e. The Kier molecular flexibility index (Phi) is 5.50. The van der Waals surface area contributed by atoms with Gasteiger partial charge in [0, 0.05) is 11.6 Å². The van der Waals surface area contributed by atoms with Gasteiger partial charge in [-0.25, -0.2) is 19.3 Å². The number of nitrogens with two attached hydrogens (primary N) is 3. The van der Waals surface area contributed by atoms with Gasteiger partial charge in [-0.3, -0.25) is 4.79 Å². The predicted octanol–water partition coefficient (Wildman–Crippen LogP) is 1.71. The second-order valence-corrected chi connectivity index (χ2v) is 9.35. The summed E-state index contributed by atoms with van der Waals surface area (Å²) in [6, 6.07) is 5.38. The molecule has 0 aliphatic heterocycles. The molecule has 0 radical (unpaired) electrons. The van der Waals surface area contributed by atoms with Gasteiger partial charge in [-0.2, -0.15) is 0 Å². The number of hydrogen-bond donors (Lipinski definition) is 5. The Hall–Kier alpha value is -3.54. The van der Waals surface area contributed by atoms with Gasteiger partial charge in [-0.1, -0.05) is 11.6 Å². The van der Waals surface area contributed by atoms with Crippen molar-refractivity contribution < 1.29 is 19.4 Å². The number of fused-ring (bicyclic) bond motifs is 2. The number of carbonyl (C=O) groups excluding carboxylic acids is 1. The van der Waals surface area contributed by atoms with Gasteiger partial charge in [0.1, 0.15) is 35.5 Å². The van der Waals surface area contributed by atoms with Crippen molar-refractivity contribution in [2.75, 3.05) is 11.5 Å². The molecule has 1 aromatic carbocycles. The third kappa shape index (κ3) is 3.63. The molecule has 0 unspecified atom stereocenters. The Morgan fingerprint density at radius 2 is 1.97 bits per heavy atom. The highest BCUT2D eigenvalue weighted by Crippen LogP contribution is 2.48. The Bertz CT molecular complexity index is 1480. The third-order valence-corrected chi connectivity index (χ3v) is 7.33. The molecular formula is C23H23ClFN7O3. The third-order valence-electron chi connectivity index (χ3n) is 7.03. The van der Waals surface area contributed by atoms with Crippen molar-refractivity contribution in [2.24, 2.45) is 11.1 Å². The number of nitrogen functional groups attached to an aromatic ring is 2. The van der Waals surface area contributed by atoms with E-state index < -0.39 is 35.4 Å². The summed E-state index contributed by atoms with van der Waals surface area (Å²) in [6.45, 7) is 0. The Morgan fingerprint density at radius 3 is 2.71 bits per heavy atom. The lowest BCUT2D eigenvalue weighted by Gasteiger charge is -2.29. The first kappa shape index (κ1) is 23.2. The number of pyridine rings is 1. The highest BCUT2D eigenvalue weighted by molar-refractivity contribution is 6.33. The Balaban J connectivity index is 1.47. The number of anilines is 2. The van der Waals surface area contributed by atoms with Crippen molar-refractivity contribution in [3.8, 4) is 0 Å². The first-order valence-corrected chi connectivity index (χ1v) is 11.3. The molecule has 0 spiro atoms. The predicted molar refractivity (Wildman–Crippen MR) is 129 cm³/mol. The average molecular weight is 500 g/mol. The van der Waals surface area contributed by atoms with Crippen molar-refractivity contribution in [1.82, 2.24) is 19.5 Å². The maximum Gasteiger partial charge on any atom is 0.226 e. The van der Waals surface area contributed by atoms with Crippen molar-refractivity contribution in [3.05, 3.63) is 53.2 Å². The van der Waals surface area contributed by atoms with Crippen LogP contribution in [0.2, 0.25) is 5.02 Å². The highest BCUT2D eigenvalue weighted by atomic mass is 35.5. The van der Waals surface area contributed by atoms with Crippen LogP contribution in [0.4, 0.5) is 16.0 Å². The zero-order valence-electron chi connectivity index (χ0n) is 18.4. The van der Waals surface area contributed by atoms with E-state index in [1.807, 2.05) is 0 Å².